The molecule has 0 aliphatic carbocycles. The molecule has 0 N–H and O–H groups in total. The fourth-order valence-electron chi connectivity index (χ4n) is 20.9. The first-order valence-corrected chi connectivity index (χ1v) is 46.4. The second-order valence-corrected chi connectivity index (χ2v) is 36.5. The molecule has 11 nitrogen and oxygen atoms in total. The van der Waals surface area contributed by atoms with E-state index < -0.39 is 0 Å². The van der Waals surface area contributed by atoms with E-state index in [2.05, 4.69) is 340 Å². The molecule has 133 heavy (non-hydrogen) atoms. The van der Waals surface area contributed by atoms with E-state index in [0.717, 1.165) is 94.5 Å². The van der Waals surface area contributed by atoms with Gasteiger partial charge in [0.25, 0.3) is 0 Å². The first-order chi connectivity index (χ1) is 65.9. The average Bonchev–Trinajstić information content (AvgIpc) is 1.54. The van der Waals surface area contributed by atoms with E-state index in [0.29, 0.717) is 34.9 Å². The van der Waals surface area contributed by atoms with Gasteiger partial charge in [-0.1, -0.05) is 297 Å². The lowest BCUT2D eigenvalue weighted by molar-refractivity contribution is 0.667. The number of rotatable bonds is 10. The molecule has 0 bridgehead atoms. The van der Waals surface area contributed by atoms with Gasteiger partial charge in [0, 0.05) is 139 Å². The van der Waals surface area contributed by atoms with Crippen molar-refractivity contribution in [2.24, 2.45) is 0 Å². The van der Waals surface area contributed by atoms with Crippen LogP contribution in [0.1, 0.15) is 0 Å². The largest absolute Gasteiger partial charge is 0.453 e. The molecule has 9 heterocycles. The van der Waals surface area contributed by atoms with Gasteiger partial charge < -0.3 is 22.7 Å². The SMILES string of the molecule is c1ccc(-c2nc(-c3ccccc3)nc(-c3ccc4c5ccc(-n6c7ccccc7c7cc(-n8c9ccccc9c9cc%10sc%11ccccc%11c%10cc98)ccc76)cc5c5ccccc5c4c3)n2)cc1.c1ccc(-c2nc(-c3ccccc3)nc(-c3cccc4c3oc3c(-n5c6ccccc6c6cc(-n7c8ccccc8c8cc9sc%10ccccc%10c9cc87)ccc65)cccc34)n2)cc1. The summed E-state index contributed by atoms with van der Waals surface area (Å²) in [6.07, 6.45) is 0. The number of benzene rings is 20. The molecular formula is C120H70N10OS2. The van der Waals surface area contributed by atoms with Gasteiger partial charge in [-0.3, -0.25) is 0 Å². The Bertz CT molecular complexity index is 9800. The molecule has 0 spiro atoms. The predicted octanol–water partition coefficient (Wildman–Crippen LogP) is 32.2. The van der Waals surface area contributed by atoms with Crippen LogP contribution < -0.4 is 0 Å². The summed E-state index contributed by atoms with van der Waals surface area (Å²) in [5.41, 5.74) is 20.8. The van der Waals surface area contributed by atoms with Gasteiger partial charge >= 0.3 is 0 Å². The number of nitrogens with zero attached hydrogens (tertiary/aromatic N) is 10. The molecule has 0 atom stereocenters. The van der Waals surface area contributed by atoms with Crippen molar-refractivity contribution in [3.8, 4) is 91.1 Å². The summed E-state index contributed by atoms with van der Waals surface area (Å²) in [4.78, 5) is 30.2. The standard InChI is InChI=1S/C63H37N5S.C57H33N5OS/c1-3-15-38(16-4-1)61-64-62(39-17-5-2-6-18-39)66-63(65-61)40-27-30-45-46-31-28-41(34-51(46)44-20-8-7-19-43(44)50(45)33-40)67-55-24-12-9-21-47(55)52-35-42(29-32-57(52)67)68-56-25-13-10-22-48(56)53-37-60-54(36-58(53)68)49-23-11-14-26-59(49)69-60;1-3-15-34(16-4-1)55-58-56(35-17-5-2-6-18-35)60-57(59-55)42-24-13-22-40-41-23-14-27-49(54(41)63-53(40)42)62-47-26-11-8-19-37(47)43-31-36(29-30-48(43)62)61-46-25-10-7-20-38(46)44-33-52-45(32-50(44)61)39-21-9-12-28-51(39)64-52/h1-37H;1-33H. The molecule has 0 unspecified atom stereocenters. The quantitative estimate of drug-likeness (QED) is 0.125. The molecule has 0 aliphatic rings. The third kappa shape index (κ3) is 11.8. The zero-order valence-electron chi connectivity index (χ0n) is 71.1. The summed E-state index contributed by atoms with van der Waals surface area (Å²) in [5, 5.41) is 24.2. The van der Waals surface area contributed by atoms with Crippen LogP contribution in [0.2, 0.25) is 0 Å². The van der Waals surface area contributed by atoms with Crippen LogP contribution in [0.4, 0.5) is 0 Å². The highest BCUT2D eigenvalue weighted by atomic mass is 32.1. The third-order valence-electron chi connectivity index (χ3n) is 26.9. The second-order valence-electron chi connectivity index (χ2n) is 34.3. The highest BCUT2D eigenvalue weighted by Gasteiger charge is 2.27. The lowest BCUT2D eigenvalue weighted by Gasteiger charge is -2.15. The molecular weight excluding hydrogens is 1660 g/mol. The van der Waals surface area contributed by atoms with E-state index in [1.807, 2.05) is 126 Å². The van der Waals surface area contributed by atoms with Crippen molar-refractivity contribution in [3.05, 3.63) is 425 Å². The second kappa shape index (κ2) is 29.6. The van der Waals surface area contributed by atoms with Gasteiger partial charge in [-0.05, 0) is 160 Å². The predicted molar refractivity (Wildman–Crippen MR) is 555 cm³/mol. The number of furan rings is 1. The van der Waals surface area contributed by atoms with E-state index >= 15 is 0 Å². The summed E-state index contributed by atoms with van der Waals surface area (Å²) >= 11 is 3.74. The Balaban J connectivity index is 0.000000133. The van der Waals surface area contributed by atoms with Crippen LogP contribution in [0, 0.1) is 0 Å². The van der Waals surface area contributed by atoms with Crippen molar-refractivity contribution in [1.29, 1.82) is 0 Å². The highest BCUT2D eigenvalue weighted by molar-refractivity contribution is 7.26. The van der Waals surface area contributed by atoms with Crippen LogP contribution in [-0.2, 0) is 0 Å². The van der Waals surface area contributed by atoms with E-state index in [-0.39, 0.29) is 0 Å². The summed E-state index contributed by atoms with van der Waals surface area (Å²) in [7, 11) is 0. The van der Waals surface area contributed by atoms with E-state index in [9.17, 15) is 0 Å². The summed E-state index contributed by atoms with van der Waals surface area (Å²) in [6.45, 7) is 0. The Morgan fingerprint density at radius 2 is 0.481 bits per heavy atom. The minimum absolute atomic E-state index is 0.557. The normalized spacial score (nSPS) is 12.1. The number of aromatic nitrogens is 10. The Hall–Kier alpha value is -17.4. The molecule has 0 fully saturated rings. The van der Waals surface area contributed by atoms with Crippen LogP contribution in [-0.4, -0.2) is 48.2 Å². The van der Waals surface area contributed by atoms with Gasteiger partial charge in [-0.2, -0.15) is 0 Å². The van der Waals surface area contributed by atoms with Gasteiger partial charge in [-0.15, -0.1) is 22.7 Å². The number of hydrogen-bond acceptors (Lipinski definition) is 9. The molecule has 29 rings (SSSR count). The van der Waals surface area contributed by atoms with Crippen molar-refractivity contribution in [2.45, 2.75) is 0 Å². The van der Waals surface area contributed by atoms with Crippen molar-refractivity contribution in [1.82, 2.24) is 48.2 Å². The van der Waals surface area contributed by atoms with Gasteiger partial charge in [0.1, 0.15) is 5.58 Å². The molecule has 13 heteroatoms. The van der Waals surface area contributed by atoms with Crippen LogP contribution in [0.5, 0.6) is 0 Å². The first-order valence-electron chi connectivity index (χ1n) is 44.8. The number of thiophene rings is 2. The molecule has 0 saturated carbocycles. The molecule has 0 saturated heterocycles. The van der Waals surface area contributed by atoms with Gasteiger partial charge in [0.15, 0.2) is 40.5 Å². The fraction of sp³-hybridized carbons (Fsp3) is 0. The van der Waals surface area contributed by atoms with Gasteiger partial charge in [0.2, 0.25) is 0 Å². The van der Waals surface area contributed by atoms with Crippen molar-refractivity contribution in [3.63, 3.8) is 0 Å². The van der Waals surface area contributed by atoms with E-state index in [1.165, 1.54) is 143 Å². The molecule has 29 aromatic rings. The molecule has 618 valence electrons. The number of para-hydroxylation sites is 6. The van der Waals surface area contributed by atoms with E-state index in [4.69, 9.17) is 34.3 Å². The first kappa shape index (κ1) is 74.7. The Labute approximate surface area is 767 Å². The lowest BCUT2D eigenvalue weighted by atomic mass is 9.93. The van der Waals surface area contributed by atoms with E-state index in [1.54, 1.807) is 0 Å². The molecule has 20 aromatic carbocycles. The Morgan fingerprint density at radius 3 is 0.947 bits per heavy atom. The van der Waals surface area contributed by atoms with Gasteiger partial charge in [0.05, 0.1) is 55.4 Å². The number of hydrogen-bond donors (Lipinski definition) is 0. The van der Waals surface area contributed by atoms with Crippen molar-refractivity contribution >= 4 is 204 Å². The van der Waals surface area contributed by atoms with Crippen LogP contribution in [0.15, 0.2) is 429 Å². The maximum absolute atomic E-state index is 7.10. The third-order valence-corrected chi connectivity index (χ3v) is 29.2. The summed E-state index contributed by atoms with van der Waals surface area (Å²) < 4.78 is 22.1. The molecule has 9 aromatic heterocycles. The smallest absolute Gasteiger partial charge is 0.167 e. The Morgan fingerprint density at radius 1 is 0.165 bits per heavy atom. The summed E-state index contributed by atoms with van der Waals surface area (Å²) in [6, 6.07) is 152. The maximum Gasteiger partial charge on any atom is 0.167 e. The van der Waals surface area contributed by atoms with Crippen LogP contribution in [0.3, 0.4) is 0 Å². The van der Waals surface area contributed by atoms with Crippen molar-refractivity contribution < 1.29 is 4.42 Å². The van der Waals surface area contributed by atoms with Crippen LogP contribution in [0.25, 0.3) is 273 Å². The van der Waals surface area contributed by atoms with Gasteiger partial charge in [-0.25, -0.2) is 29.9 Å². The topological polar surface area (TPSA) is 110 Å². The molecule has 0 radical (unpaired) electrons. The minimum Gasteiger partial charge on any atom is -0.453 e. The average molecular weight is 1730 g/mol. The van der Waals surface area contributed by atoms with Crippen LogP contribution >= 0.6 is 22.7 Å². The fourth-order valence-corrected chi connectivity index (χ4v) is 23.2. The lowest BCUT2D eigenvalue weighted by Crippen LogP contribution is -2.00. The molecule has 0 aliphatic heterocycles. The zero-order chi connectivity index (χ0) is 87.0. The Kier molecular flexibility index (Phi) is 16.6. The zero-order valence-corrected chi connectivity index (χ0v) is 72.7. The van der Waals surface area contributed by atoms with Crippen molar-refractivity contribution in [2.75, 3.05) is 0 Å². The highest BCUT2D eigenvalue weighted by Crippen LogP contribution is 2.49. The monoisotopic (exact) mass is 1730 g/mol. The molecule has 0 amide bonds. The summed E-state index contributed by atoms with van der Waals surface area (Å²) in [5.74, 6) is 3.72. The maximum atomic E-state index is 7.10. The minimum atomic E-state index is 0.557. The number of fused-ring (bicyclic) bond motifs is 27.